The van der Waals surface area contributed by atoms with E-state index in [0.717, 1.165) is 29.8 Å². The van der Waals surface area contributed by atoms with Crippen molar-refractivity contribution in [1.29, 1.82) is 0 Å². The summed E-state index contributed by atoms with van der Waals surface area (Å²) in [5.41, 5.74) is 2.07. The number of rotatable bonds is 3. The number of halogens is 2. The molecule has 0 amide bonds. The van der Waals surface area contributed by atoms with Crippen molar-refractivity contribution in [3.63, 3.8) is 0 Å². The highest BCUT2D eigenvalue weighted by Gasteiger charge is 2.05. The van der Waals surface area contributed by atoms with E-state index in [2.05, 4.69) is 9.97 Å². The standard InChI is InChI=1S/C13H12Cl2N2/c1-9-16-7-10(8-17-9)5-6-11-12(14)3-2-4-13(11)15/h2-4,7-8H,5-6H2,1H3. The fourth-order valence-electron chi connectivity index (χ4n) is 1.59. The summed E-state index contributed by atoms with van der Waals surface area (Å²) < 4.78 is 0. The largest absolute Gasteiger partial charge is 0.241 e. The molecule has 0 fully saturated rings. The molecule has 0 spiro atoms. The molecule has 0 aliphatic carbocycles. The van der Waals surface area contributed by atoms with E-state index < -0.39 is 0 Å². The highest BCUT2D eigenvalue weighted by molar-refractivity contribution is 6.35. The molecule has 4 heteroatoms. The summed E-state index contributed by atoms with van der Waals surface area (Å²) in [5, 5.41) is 1.43. The van der Waals surface area contributed by atoms with Crippen LogP contribution in [0.3, 0.4) is 0 Å². The van der Waals surface area contributed by atoms with Crippen molar-refractivity contribution in [2.45, 2.75) is 19.8 Å². The van der Waals surface area contributed by atoms with Crippen LogP contribution in [0.4, 0.5) is 0 Å². The lowest BCUT2D eigenvalue weighted by atomic mass is 10.1. The van der Waals surface area contributed by atoms with Crippen LogP contribution in [0.2, 0.25) is 10.0 Å². The van der Waals surface area contributed by atoms with Gasteiger partial charge in [0.2, 0.25) is 0 Å². The maximum Gasteiger partial charge on any atom is 0.125 e. The second-order valence-corrected chi connectivity index (χ2v) is 4.65. The first-order valence-electron chi connectivity index (χ1n) is 5.37. The lowest BCUT2D eigenvalue weighted by molar-refractivity contribution is 0.917. The third-order valence-electron chi connectivity index (χ3n) is 2.56. The predicted octanol–water partition coefficient (Wildman–Crippen LogP) is 3.88. The van der Waals surface area contributed by atoms with Crippen molar-refractivity contribution < 1.29 is 0 Å². The second kappa shape index (κ2) is 5.48. The molecule has 0 N–H and O–H groups in total. The molecule has 88 valence electrons. The topological polar surface area (TPSA) is 25.8 Å². The smallest absolute Gasteiger partial charge is 0.125 e. The van der Waals surface area contributed by atoms with Crippen molar-refractivity contribution in [3.05, 3.63) is 57.6 Å². The zero-order chi connectivity index (χ0) is 12.3. The number of hydrogen-bond donors (Lipinski definition) is 0. The molecule has 2 rings (SSSR count). The number of aryl methyl sites for hydroxylation is 2. The highest BCUT2D eigenvalue weighted by atomic mass is 35.5. The Hall–Kier alpha value is -1.12. The van der Waals surface area contributed by atoms with Crippen molar-refractivity contribution in [1.82, 2.24) is 9.97 Å². The van der Waals surface area contributed by atoms with Crippen LogP contribution in [0.15, 0.2) is 30.6 Å². The van der Waals surface area contributed by atoms with Gasteiger partial charge in [0.15, 0.2) is 0 Å². The number of benzene rings is 1. The molecule has 1 aromatic carbocycles. The van der Waals surface area contributed by atoms with Crippen LogP contribution in [0.5, 0.6) is 0 Å². The Labute approximate surface area is 111 Å². The van der Waals surface area contributed by atoms with E-state index in [4.69, 9.17) is 23.2 Å². The average Bonchev–Trinajstić information content (AvgIpc) is 2.31. The van der Waals surface area contributed by atoms with Gasteiger partial charge in [-0.1, -0.05) is 29.3 Å². The van der Waals surface area contributed by atoms with Gasteiger partial charge in [-0.05, 0) is 43.0 Å². The van der Waals surface area contributed by atoms with Crippen LogP contribution >= 0.6 is 23.2 Å². The van der Waals surface area contributed by atoms with Crippen molar-refractivity contribution in [3.8, 4) is 0 Å². The summed E-state index contributed by atoms with van der Waals surface area (Å²) in [6, 6.07) is 5.56. The fraction of sp³-hybridized carbons (Fsp3) is 0.231. The van der Waals surface area contributed by atoms with Gasteiger partial charge in [0, 0.05) is 22.4 Å². The lowest BCUT2D eigenvalue weighted by Crippen LogP contribution is -1.96. The quantitative estimate of drug-likeness (QED) is 0.843. The van der Waals surface area contributed by atoms with Crippen LogP contribution in [-0.4, -0.2) is 9.97 Å². The molecular formula is C13H12Cl2N2. The Morgan fingerprint density at radius 1 is 1.00 bits per heavy atom. The minimum atomic E-state index is 0.713. The normalized spacial score (nSPS) is 10.5. The van der Waals surface area contributed by atoms with E-state index in [-0.39, 0.29) is 0 Å². The van der Waals surface area contributed by atoms with Gasteiger partial charge in [-0.15, -0.1) is 0 Å². The fourth-order valence-corrected chi connectivity index (χ4v) is 2.18. The van der Waals surface area contributed by atoms with E-state index >= 15 is 0 Å². The van der Waals surface area contributed by atoms with E-state index in [1.54, 1.807) is 0 Å². The Morgan fingerprint density at radius 2 is 1.59 bits per heavy atom. The molecule has 2 nitrogen and oxygen atoms in total. The molecule has 17 heavy (non-hydrogen) atoms. The van der Waals surface area contributed by atoms with Crippen LogP contribution in [-0.2, 0) is 12.8 Å². The van der Waals surface area contributed by atoms with E-state index in [1.807, 2.05) is 37.5 Å². The number of aromatic nitrogens is 2. The first-order chi connectivity index (χ1) is 8.16. The summed E-state index contributed by atoms with van der Waals surface area (Å²) in [6.45, 7) is 1.87. The first-order valence-corrected chi connectivity index (χ1v) is 6.13. The molecule has 1 aromatic heterocycles. The molecular weight excluding hydrogens is 255 g/mol. The van der Waals surface area contributed by atoms with Crippen LogP contribution in [0.1, 0.15) is 17.0 Å². The van der Waals surface area contributed by atoms with Crippen molar-refractivity contribution in [2.75, 3.05) is 0 Å². The van der Waals surface area contributed by atoms with E-state index in [1.165, 1.54) is 0 Å². The van der Waals surface area contributed by atoms with Crippen LogP contribution in [0.25, 0.3) is 0 Å². The summed E-state index contributed by atoms with van der Waals surface area (Å²) in [4.78, 5) is 8.32. The minimum Gasteiger partial charge on any atom is -0.241 e. The number of hydrogen-bond acceptors (Lipinski definition) is 2. The van der Waals surface area contributed by atoms with Crippen LogP contribution < -0.4 is 0 Å². The van der Waals surface area contributed by atoms with Gasteiger partial charge in [-0.2, -0.15) is 0 Å². The Kier molecular flexibility index (Phi) is 3.97. The van der Waals surface area contributed by atoms with Crippen molar-refractivity contribution in [2.24, 2.45) is 0 Å². The summed E-state index contributed by atoms with van der Waals surface area (Å²) in [7, 11) is 0. The second-order valence-electron chi connectivity index (χ2n) is 3.84. The number of nitrogens with zero attached hydrogens (tertiary/aromatic N) is 2. The van der Waals surface area contributed by atoms with Gasteiger partial charge >= 0.3 is 0 Å². The van der Waals surface area contributed by atoms with E-state index in [9.17, 15) is 0 Å². The molecule has 0 aliphatic rings. The lowest BCUT2D eigenvalue weighted by Gasteiger charge is -2.06. The van der Waals surface area contributed by atoms with Gasteiger partial charge in [-0.25, -0.2) is 9.97 Å². The predicted molar refractivity (Wildman–Crippen MR) is 70.6 cm³/mol. The summed E-state index contributed by atoms with van der Waals surface area (Å²) >= 11 is 12.2. The third-order valence-corrected chi connectivity index (χ3v) is 3.27. The maximum atomic E-state index is 6.11. The van der Waals surface area contributed by atoms with Crippen LogP contribution in [0, 0.1) is 6.92 Å². The van der Waals surface area contributed by atoms with E-state index in [0.29, 0.717) is 10.0 Å². The SMILES string of the molecule is Cc1ncc(CCc2c(Cl)cccc2Cl)cn1. The average molecular weight is 267 g/mol. The zero-order valence-corrected chi connectivity index (χ0v) is 11.0. The summed E-state index contributed by atoms with van der Waals surface area (Å²) in [5.74, 6) is 0.782. The molecule has 0 aliphatic heterocycles. The minimum absolute atomic E-state index is 0.713. The van der Waals surface area contributed by atoms with Gasteiger partial charge < -0.3 is 0 Å². The van der Waals surface area contributed by atoms with Gasteiger partial charge in [0.25, 0.3) is 0 Å². The van der Waals surface area contributed by atoms with Gasteiger partial charge in [0.1, 0.15) is 5.82 Å². The molecule has 0 unspecified atom stereocenters. The molecule has 2 aromatic rings. The van der Waals surface area contributed by atoms with Gasteiger partial charge in [-0.3, -0.25) is 0 Å². The zero-order valence-electron chi connectivity index (χ0n) is 9.45. The first kappa shape index (κ1) is 12.3. The maximum absolute atomic E-state index is 6.11. The Morgan fingerprint density at radius 3 is 2.18 bits per heavy atom. The molecule has 0 radical (unpaired) electrons. The summed E-state index contributed by atoms with van der Waals surface area (Å²) in [6.07, 6.45) is 5.31. The molecule has 0 atom stereocenters. The molecule has 1 heterocycles. The van der Waals surface area contributed by atoms with Crippen molar-refractivity contribution >= 4 is 23.2 Å². The molecule has 0 saturated heterocycles. The van der Waals surface area contributed by atoms with Gasteiger partial charge in [0.05, 0.1) is 0 Å². The Balaban J connectivity index is 2.10. The third kappa shape index (κ3) is 3.18. The Bertz CT molecular complexity index is 489. The molecule has 0 bridgehead atoms. The molecule has 0 saturated carbocycles. The highest BCUT2D eigenvalue weighted by Crippen LogP contribution is 2.25. The monoisotopic (exact) mass is 266 g/mol.